The molecule has 0 amide bonds. The van der Waals surface area contributed by atoms with Crippen molar-refractivity contribution in [2.75, 3.05) is 32.1 Å². The molecule has 1 fully saturated rings. The third-order valence-corrected chi connectivity index (χ3v) is 4.98. The lowest BCUT2D eigenvalue weighted by Crippen LogP contribution is -2.46. The fourth-order valence-corrected chi connectivity index (χ4v) is 4.03. The van der Waals surface area contributed by atoms with E-state index in [-0.39, 0.29) is 0 Å². The van der Waals surface area contributed by atoms with Gasteiger partial charge in [-0.2, -0.15) is 17.0 Å². The minimum atomic E-state index is -3.27. The zero-order valence-electron chi connectivity index (χ0n) is 9.86. The largest absolute Gasteiger partial charge is 0.282 e. The maximum Gasteiger partial charge on any atom is 0.282 e. The maximum atomic E-state index is 12.3. The number of nitrogens with zero attached hydrogens (tertiary/aromatic N) is 2. The van der Waals surface area contributed by atoms with Crippen LogP contribution >= 0.6 is 11.6 Å². The van der Waals surface area contributed by atoms with Gasteiger partial charge in [0.25, 0.3) is 10.2 Å². The lowest BCUT2D eigenvalue weighted by molar-refractivity contribution is 0.306. The number of alkyl halides is 1. The molecule has 6 heteroatoms. The summed E-state index contributed by atoms with van der Waals surface area (Å²) in [6, 6.07) is 0. The number of hydrogen-bond acceptors (Lipinski definition) is 2. The molecule has 16 heavy (non-hydrogen) atoms. The van der Waals surface area contributed by atoms with Crippen molar-refractivity contribution in [3.05, 3.63) is 0 Å². The first-order chi connectivity index (χ1) is 7.62. The Morgan fingerprint density at radius 2 is 1.81 bits per heavy atom. The van der Waals surface area contributed by atoms with Crippen molar-refractivity contribution in [2.45, 2.75) is 32.6 Å². The van der Waals surface area contributed by atoms with Gasteiger partial charge in [0.15, 0.2) is 0 Å². The molecular weight excluding hydrogens is 248 g/mol. The van der Waals surface area contributed by atoms with Crippen molar-refractivity contribution in [3.8, 4) is 0 Å². The highest BCUT2D eigenvalue weighted by Gasteiger charge is 2.29. The smallest absolute Gasteiger partial charge is 0.195 e. The van der Waals surface area contributed by atoms with E-state index in [4.69, 9.17) is 11.6 Å². The lowest BCUT2D eigenvalue weighted by Gasteiger charge is -2.31. The minimum absolute atomic E-state index is 0.354. The number of hydrogen-bond donors (Lipinski definition) is 0. The molecule has 0 spiro atoms. The molecule has 1 saturated heterocycles. The molecule has 0 N–H and O–H groups in total. The summed E-state index contributed by atoms with van der Waals surface area (Å²) >= 11 is 5.65. The topological polar surface area (TPSA) is 40.6 Å². The summed E-state index contributed by atoms with van der Waals surface area (Å²) < 4.78 is 27.6. The molecule has 1 heterocycles. The Morgan fingerprint density at radius 3 is 2.31 bits per heavy atom. The summed E-state index contributed by atoms with van der Waals surface area (Å²) in [7, 11) is -3.27. The zero-order chi connectivity index (χ0) is 12.0. The first-order valence-corrected chi connectivity index (χ1v) is 7.87. The molecule has 1 aliphatic heterocycles. The monoisotopic (exact) mass is 268 g/mol. The third kappa shape index (κ3) is 3.58. The van der Waals surface area contributed by atoms with E-state index in [2.05, 4.69) is 0 Å². The molecule has 0 aliphatic carbocycles. The minimum Gasteiger partial charge on any atom is -0.195 e. The van der Waals surface area contributed by atoms with Crippen LogP contribution in [0.2, 0.25) is 0 Å². The predicted octanol–water partition coefficient (Wildman–Crippen LogP) is 1.67. The summed E-state index contributed by atoms with van der Waals surface area (Å²) in [6.45, 7) is 4.27. The van der Waals surface area contributed by atoms with Crippen LogP contribution in [0.1, 0.15) is 32.6 Å². The van der Waals surface area contributed by atoms with E-state index in [0.29, 0.717) is 32.1 Å². The van der Waals surface area contributed by atoms with E-state index in [1.165, 1.54) is 4.31 Å². The molecule has 4 nitrogen and oxygen atoms in total. The molecule has 0 atom stereocenters. The molecule has 0 saturated carbocycles. The van der Waals surface area contributed by atoms with Crippen molar-refractivity contribution in [2.24, 2.45) is 0 Å². The van der Waals surface area contributed by atoms with Crippen LogP contribution < -0.4 is 0 Å². The summed E-state index contributed by atoms with van der Waals surface area (Å²) in [5.74, 6) is 0.354. The molecule has 0 bridgehead atoms. The first kappa shape index (κ1) is 14.2. The van der Waals surface area contributed by atoms with Gasteiger partial charge in [-0.25, -0.2) is 0 Å². The highest BCUT2D eigenvalue weighted by Crippen LogP contribution is 2.16. The van der Waals surface area contributed by atoms with Gasteiger partial charge in [0.2, 0.25) is 0 Å². The van der Waals surface area contributed by atoms with Gasteiger partial charge in [-0.3, -0.25) is 0 Å². The summed E-state index contributed by atoms with van der Waals surface area (Å²) in [5.41, 5.74) is 0. The van der Waals surface area contributed by atoms with Crippen LogP contribution in [0.5, 0.6) is 0 Å². The van der Waals surface area contributed by atoms with Crippen molar-refractivity contribution in [3.63, 3.8) is 0 Å². The van der Waals surface area contributed by atoms with Crippen LogP contribution in [0.3, 0.4) is 0 Å². The molecule has 0 radical (unpaired) electrons. The Bertz CT molecular complexity index is 283. The van der Waals surface area contributed by atoms with Crippen molar-refractivity contribution >= 4 is 21.8 Å². The van der Waals surface area contributed by atoms with Crippen molar-refractivity contribution in [1.29, 1.82) is 0 Å². The van der Waals surface area contributed by atoms with Gasteiger partial charge in [-0.15, -0.1) is 11.6 Å². The fourth-order valence-electron chi connectivity index (χ4n) is 1.95. The molecule has 1 aliphatic rings. The average Bonchev–Trinajstić information content (AvgIpc) is 2.30. The van der Waals surface area contributed by atoms with E-state index in [9.17, 15) is 8.42 Å². The summed E-state index contributed by atoms with van der Waals surface area (Å²) in [4.78, 5) is 0. The van der Waals surface area contributed by atoms with Gasteiger partial charge in [-0.05, 0) is 19.3 Å². The van der Waals surface area contributed by atoms with E-state index in [1.807, 2.05) is 6.92 Å². The summed E-state index contributed by atoms with van der Waals surface area (Å²) in [5, 5.41) is 0. The highest BCUT2D eigenvalue weighted by atomic mass is 35.5. The fraction of sp³-hybridized carbons (Fsp3) is 1.00. The number of rotatable bonds is 6. The predicted molar refractivity (Wildman–Crippen MR) is 66.9 cm³/mol. The van der Waals surface area contributed by atoms with Gasteiger partial charge < -0.3 is 0 Å². The van der Waals surface area contributed by atoms with Gasteiger partial charge in [0.1, 0.15) is 0 Å². The van der Waals surface area contributed by atoms with E-state index < -0.39 is 10.2 Å². The molecule has 0 aromatic rings. The van der Waals surface area contributed by atoms with Crippen molar-refractivity contribution in [1.82, 2.24) is 8.61 Å². The zero-order valence-corrected chi connectivity index (χ0v) is 11.4. The van der Waals surface area contributed by atoms with Gasteiger partial charge in [0, 0.05) is 32.1 Å². The van der Waals surface area contributed by atoms with Crippen LogP contribution in [0, 0.1) is 0 Å². The van der Waals surface area contributed by atoms with E-state index in [0.717, 1.165) is 25.7 Å². The Balaban J connectivity index is 2.70. The van der Waals surface area contributed by atoms with Crippen LogP contribution in [0.15, 0.2) is 0 Å². The molecule has 0 aromatic heterocycles. The first-order valence-electron chi connectivity index (χ1n) is 5.94. The molecule has 0 aromatic carbocycles. The van der Waals surface area contributed by atoms with Gasteiger partial charge in [-0.1, -0.05) is 13.3 Å². The second-order valence-electron chi connectivity index (χ2n) is 4.06. The Hall–Kier alpha value is 0.160. The molecule has 96 valence electrons. The molecule has 1 rings (SSSR count). The SMILES string of the molecule is CCCN(CCCl)S(=O)(=O)N1CCCCC1. The number of halogens is 1. The van der Waals surface area contributed by atoms with Crippen LogP contribution in [0.4, 0.5) is 0 Å². The Morgan fingerprint density at radius 1 is 1.19 bits per heavy atom. The maximum absolute atomic E-state index is 12.3. The molecule has 0 unspecified atom stereocenters. The second-order valence-corrected chi connectivity index (χ2v) is 6.36. The van der Waals surface area contributed by atoms with E-state index >= 15 is 0 Å². The second kappa shape index (κ2) is 6.79. The van der Waals surface area contributed by atoms with Crippen LogP contribution in [0.25, 0.3) is 0 Å². The standard InChI is InChI=1S/C10H21ClN2O2S/c1-2-7-12(10-6-11)16(14,15)13-8-4-3-5-9-13/h2-10H2,1H3. The van der Waals surface area contributed by atoms with Crippen LogP contribution in [-0.4, -0.2) is 49.1 Å². The normalized spacial score (nSPS) is 19.2. The Kier molecular flexibility index (Phi) is 6.03. The average molecular weight is 269 g/mol. The number of piperidine rings is 1. The Labute approximate surface area is 104 Å². The lowest BCUT2D eigenvalue weighted by atomic mass is 10.2. The highest BCUT2D eigenvalue weighted by molar-refractivity contribution is 7.86. The van der Waals surface area contributed by atoms with E-state index in [1.54, 1.807) is 4.31 Å². The molecular formula is C10H21ClN2O2S. The van der Waals surface area contributed by atoms with Gasteiger partial charge >= 0.3 is 0 Å². The van der Waals surface area contributed by atoms with Crippen molar-refractivity contribution < 1.29 is 8.42 Å². The van der Waals surface area contributed by atoms with Crippen LogP contribution in [-0.2, 0) is 10.2 Å². The van der Waals surface area contributed by atoms with Gasteiger partial charge in [0.05, 0.1) is 0 Å². The quantitative estimate of drug-likeness (QED) is 0.688. The third-order valence-electron chi connectivity index (χ3n) is 2.77. The summed E-state index contributed by atoms with van der Waals surface area (Å²) in [6.07, 6.45) is 3.90.